The molecule has 0 saturated carbocycles. The Kier molecular flexibility index (Phi) is 6.69. The molecular formula is C22H24ClN3O4S2. The van der Waals surface area contributed by atoms with E-state index < -0.39 is 9.84 Å². The number of fused-ring (bicyclic) bond motifs is 1. The lowest BCUT2D eigenvalue weighted by Gasteiger charge is -2.36. The molecule has 4 rings (SSSR count). The van der Waals surface area contributed by atoms with Crippen molar-refractivity contribution in [3.8, 4) is 0 Å². The smallest absolute Gasteiger partial charge is 0.237 e. The van der Waals surface area contributed by atoms with Gasteiger partial charge in [0.2, 0.25) is 11.8 Å². The molecule has 2 aliphatic rings. The van der Waals surface area contributed by atoms with Crippen LogP contribution in [-0.4, -0.2) is 62.3 Å². The van der Waals surface area contributed by atoms with Gasteiger partial charge in [-0.15, -0.1) is 11.8 Å². The van der Waals surface area contributed by atoms with Crippen LogP contribution in [0.15, 0.2) is 52.3 Å². The van der Waals surface area contributed by atoms with Crippen molar-refractivity contribution in [1.29, 1.82) is 0 Å². The van der Waals surface area contributed by atoms with Crippen molar-refractivity contribution in [1.82, 2.24) is 4.90 Å². The summed E-state index contributed by atoms with van der Waals surface area (Å²) in [7, 11) is -3.65. The summed E-state index contributed by atoms with van der Waals surface area (Å²) < 4.78 is 25.6. The van der Waals surface area contributed by atoms with Crippen LogP contribution in [0.2, 0.25) is 5.02 Å². The maximum atomic E-state index is 12.8. The Morgan fingerprint density at radius 3 is 2.62 bits per heavy atom. The van der Waals surface area contributed by atoms with E-state index in [0.29, 0.717) is 36.9 Å². The van der Waals surface area contributed by atoms with Gasteiger partial charge in [0.15, 0.2) is 9.84 Å². The lowest BCUT2D eigenvalue weighted by Crippen LogP contribution is -2.49. The molecule has 10 heteroatoms. The Morgan fingerprint density at radius 2 is 1.91 bits per heavy atom. The molecule has 170 valence electrons. The van der Waals surface area contributed by atoms with Crippen LogP contribution in [-0.2, 0) is 19.4 Å². The van der Waals surface area contributed by atoms with Crippen molar-refractivity contribution in [3.63, 3.8) is 0 Å². The molecule has 1 fully saturated rings. The second-order valence-electron chi connectivity index (χ2n) is 7.82. The van der Waals surface area contributed by atoms with E-state index in [1.54, 1.807) is 24.0 Å². The number of carbonyl (C=O) groups excluding carboxylic acids is 2. The fraction of sp³-hybridized carbons (Fsp3) is 0.364. The van der Waals surface area contributed by atoms with Gasteiger partial charge in [0.05, 0.1) is 21.6 Å². The maximum absolute atomic E-state index is 12.8. The number of benzene rings is 2. The Morgan fingerprint density at radius 1 is 1.16 bits per heavy atom. The summed E-state index contributed by atoms with van der Waals surface area (Å²) in [5, 5.41) is 3.19. The molecule has 32 heavy (non-hydrogen) atoms. The minimum Gasteiger partial charge on any atom is -0.368 e. The topological polar surface area (TPSA) is 86.8 Å². The van der Waals surface area contributed by atoms with Crippen LogP contribution in [0.3, 0.4) is 0 Å². The third-order valence-corrected chi connectivity index (χ3v) is 8.76. The van der Waals surface area contributed by atoms with Crippen molar-refractivity contribution in [2.75, 3.05) is 42.1 Å². The lowest BCUT2D eigenvalue weighted by molar-refractivity contribution is -0.131. The van der Waals surface area contributed by atoms with Gasteiger partial charge in [0.25, 0.3) is 0 Å². The number of carbonyl (C=O) groups is 2. The summed E-state index contributed by atoms with van der Waals surface area (Å²) in [5.74, 6) is -0.588. The zero-order valence-corrected chi connectivity index (χ0v) is 20.0. The number of hydrogen-bond acceptors (Lipinski definition) is 6. The highest BCUT2D eigenvalue weighted by Crippen LogP contribution is 2.37. The molecule has 1 atom stereocenters. The zero-order valence-electron chi connectivity index (χ0n) is 17.6. The first-order valence-corrected chi connectivity index (χ1v) is 13.3. The van der Waals surface area contributed by atoms with Gasteiger partial charge in [-0.05, 0) is 43.3 Å². The number of hydrogen-bond donors (Lipinski definition) is 1. The van der Waals surface area contributed by atoms with E-state index in [1.165, 1.54) is 17.8 Å². The van der Waals surface area contributed by atoms with Crippen LogP contribution in [0.1, 0.15) is 13.3 Å². The van der Waals surface area contributed by atoms with E-state index in [-0.39, 0.29) is 34.1 Å². The first kappa shape index (κ1) is 22.9. The third-order valence-electron chi connectivity index (χ3n) is 5.63. The van der Waals surface area contributed by atoms with E-state index in [0.717, 1.165) is 10.6 Å². The van der Waals surface area contributed by atoms with Crippen LogP contribution in [0.25, 0.3) is 0 Å². The molecule has 0 unspecified atom stereocenters. The minimum atomic E-state index is -3.65. The average Bonchev–Trinajstić information content (AvgIpc) is 2.78. The van der Waals surface area contributed by atoms with Gasteiger partial charge in [0, 0.05) is 48.2 Å². The summed E-state index contributed by atoms with van der Waals surface area (Å²) in [6.07, 6.45) is -0.0747. The molecule has 2 aromatic rings. The summed E-state index contributed by atoms with van der Waals surface area (Å²) >= 11 is 7.46. The van der Waals surface area contributed by atoms with Crippen molar-refractivity contribution in [3.05, 3.63) is 47.5 Å². The number of halogens is 1. The standard InChI is InChI=1S/C22H24ClN3O4S2/c1-15-22(28)24-19-14-18(5-6-20(19)31-15)32(29,30)12-7-21(27)26-10-8-25(9-11-26)17-4-2-3-16(23)13-17/h2-6,13-15H,7-12H2,1H3,(H,24,28)/t15-/m0/s1. The Balaban J connectivity index is 1.34. The molecule has 1 saturated heterocycles. The Bertz CT molecular complexity index is 1150. The normalized spacial score (nSPS) is 18.8. The van der Waals surface area contributed by atoms with Gasteiger partial charge in [-0.2, -0.15) is 0 Å². The van der Waals surface area contributed by atoms with Crippen molar-refractivity contribution >= 4 is 56.4 Å². The number of sulfone groups is 1. The van der Waals surface area contributed by atoms with Crippen molar-refractivity contribution in [2.24, 2.45) is 0 Å². The molecule has 2 aromatic carbocycles. The molecular weight excluding hydrogens is 470 g/mol. The second-order valence-corrected chi connectivity index (χ2v) is 11.8. The van der Waals surface area contributed by atoms with Crippen molar-refractivity contribution in [2.45, 2.75) is 28.4 Å². The zero-order chi connectivity index (χ0) is 22.9. The molecule has 2 amide bonds. The maximum Gasteiger partial charge on any atom is 0.237 e. The molecule has 2 heterocycles. The van der Waals surface area contributed by atoms with E-state index >= 15 is 0 Å². The van der Waals surface area contributed by atoms with Gasteiger partial charge in [-0.3, -0.25) is 9.59 Å². The van der Waals surface area contributed by atoms with E-state index in [9.17, 15) is 18.0 Å². The van der Waals surface area contributed by atoms with Crippen LogP contribution in [0.4, 0.5) is 11.4 Å². The predicted molar refractivity (Wildman–Crippen MR) is 127 cm³/mol. The molecule has 2 aliphatic heterocycles. The first-order valence-electron chi connectivity index (χ1n) is 10.4. The monoisotopic (exact) mass is 493 g/mol. The SMILES string of the molecule is C[C@@H]1Sc2ccc(S(=O)(=O)CCC(=O)N3CCN(c4cccc(Cl)c4)CC3)cc2NC1=O. The van der Waals surface area contributed by atoms with Gasteiger partial charge >= 0.3 is 0 Å². The third kappa shape index (κ3) is 5.05. The lowest BCUT2D eigenvalue weighted by atomic mass is 10.2. The molecule has 0 aromatic heterocycles. The average molecular weight is 494 g/mol. The Labute approximate surface area is 197 Å². The van der Waals surface area contributed by atoms with Gasteiger partial charge in [0.1, 0.15) is 0 Å². The van der Waals surface area contributed by atoms with Crippen LogP contribution in [0.5, 0.6) is 0 Å². The number of piperazine rings is 1. The molecule has 0 spiro atoms. The quantitative estimate of drug-likeness (QED) is 0.687. The number of rotatable bonds is 5. The Hall–Kier alpha value is -2.23. The highest BCUT2D eigenvalue weighted by atomic mass is 35.5. The molecule has 1 N–H and O–H groups in total. The van der Waals surface area contributed by atoms with Gasteiger partial charge < -0.3 is 15.1 Å². The first-order chi connectivity index (χ1) is 15.2. The highest BCUT2D eigenvalue weighted by molar-refractivity contribution is 8.01. The largest absolute Gasteiger partial charge is 0.368 e. The van der Waals surface area contributed by atoms with E-state index in [1.807, 2.05) is 24.3 Å². The highest BCUT2D eigenvalue weighted by Gasteiger charge is 2.27. The number of nitrogens with one attached hydrogen (secondary N) is 1. The molecule has 0 aliphatic carbocycles. The summed E-state index contributed by atoms with van der Waals surface area (Å²) in [5.41, 5.74) is 1.52. The van der Waals surface area contributed by atoms with Gasteiger partial charge in [-0.25, -0.2) is 8.42 Å². The van der Waals surface area contributed by atoms with Crippen molar-refractivity contribution < 1.29 is 18.0 Å². The number of anilines is 2. The molecule has 7 nitrogen and oxygen atoms in total. The fourth-order valence-corrected chi connectivity index (χ4v) is 6.13. The molecule has 0 radical (unpaired) electrons. The predicted octanol–water partition coefficient (Wildman–Crippen LogP) is 3.29. The van der Waals surface area contributed by atoms with Crippen LogP contribution in [0, 0.1) is 0 Å². The second kappa shape index (κ2) is 9.33. The number of amides is 2. The molecule has 0 bridgehead atoms. The summed E-state index contributed by atoms with van der Waals surface area (Å²) in [4.78, 5) is 29.4. The van der Waals surface area contributed by atoms with Crippen LogP contribution < -0.4 is 10.2 Å². The van der Waals surface area contributed by atoms with E-state index in [4.69, 9.17) is 11.6 Å². The summed E-state index contributed by atoms with van der Waals surface area (Å²) in [6.45, 7) is 4.20. The number of thioether (sulfide) groups is 1. The minimum absolute atomic E-state index is 0.0747. The number of nitrogens with zero attached hydrogens (tertiary/aromatic N) is 2. The van der Waals surface area contributed by atoms with Gasteiger partial charge in [-0.1, -0.05) is 17.7 Å². The fourth-order valence-electron chi connectivity index (χ4n) is 3.77. The van der Waals surface area contributed by atoms with Crippen LogP contribution >= 0.6 is 23.4 Å². The van der Waals surface area contributed by atoms with E-state index in [2.05, 4.69) is 10.2 Å². The summed E-state index contributed by atoms with van der Waals surface area (Å²) in [6, 6.07) is 12.3.